The molecule has 0 saturated carbocycles. The summed E-state index contributed by atoms with van der Waals surface area (Å²) in [4.78, 5) is 26.2. The van der Waals surface area contributed by atoms with E-state index in [0.717, 1.165) is 49.1 Å². The molecule has 3 heterocycles. The van der Waals surface area contributed by atoms with Crippen molar-refractivity contribution in [2.24, 2.45) is 11.3 Å². The molecule has 9 heteroatoms. The molecule has 1 N–H and O–H groups in total. The highest BCUT2D eigenvalue weighted by Crippen LogP contribution is 2.37. The van der Waals surface area contributed by atoms with E-state index >= 15 is 0 Å². The number of nitrogens with zero attached hydrogens (tertiary/aromatic N) is 4. The van der Waals surface area contributed by atoms with Crippen molar-refractivity contribution in [2.45, 2.75) is 59.0 Å². The molecule has 2 aliphatic heterocycles. The van der Waals surface area contributed by atoms with Crippen molar-refractivity contribution in [3.05, 3.63) is 65.1 Å². The second-order valence-electron chi connectivity index (χ2n) is 12.2. The number of methoxy groups -OCH3 is 1. The lowest BCUT2D eigenvalue weighted by Crippen LogP contribution is -2.48. The summed E-state index contributed by atoms with van der Waals surface area (Å²) >= 11 is 0. The minimum atomic E-state index is -0.425. The van der Waals surface area contributed by atoms with Crippen LogP contribution in [0.2, 0.25) is 0 Å². The molecule has 2 unspecified atom stereocenters. The first kappa shape index (κ1) is 29.0. The molecule has 0 spiro atoms. The smallest absolute Gasteiger partial charge is 0.250 e. The average Bonchev–Trinajstić information content (AvgIpc) is 3.40. The molecule has 1 aliphatic carbocycles. The zero-order valence-corrected chi connectivity index (χ0v) is 24.7. The number of benzene rings is 1. The highest BCUT2D eigenvalue weighted by atomic mass is 19.1. The summed E-state index contributed by atoms with van der Waals surface area (Å²) in [6.45, 7) is 10.3. The minimum absolute atomic E-state index is 0.132. The van der Waals surface area contributed by atoms with Gasteiger partial charge in [-0.25, -0.2) is 9.37 Å². The molecule has 1 aromatic carbocycles. The number of hydrogen-bond acceptors (Lipinski definition) is 7. The minimum Gasteiger partial charge on any atom is -0.491 e. The van der Waals surface area contributed by atoms with Crippen LogP contribution in [0, 0.1) is 17.2 Å². The molecule has 0 radical (unpaired) electrons. The van der Waals surface area contributed by atoms with Gasteiger partial charge >= 0.3 is 0 Å². The lowest BCUT2D eigenvalue weighted by molar-refractivity contribution is -0.128. The van der Waals surface area contributed by atoms with Gasteiger partial charge in [-0.15, -0.1) is 0 Å². The number of hydrogen-bond donors (Lipinski definition) is 1. The summed E-state index contributed by atoms with van der Waals surface area (Å²) in [5.41, 5.74) is 3.47. The highest BCUT2D eigenvalue weighted by molar-refractivity contribution is 5.94. The van der Waals surface area contributed by atoms with Gasteiger partial charge in [-0.05, 0) is 54.7 Å². The number of carbonyl (C=O) groups excluding carboxylic acids is 1. The van der Waals surface area contributed by atoms with E-state index in [1.165, 1.54) is 11.8 Å². The number of amides is 1. The zero-order valence-electron chi connectivity index (χ0n) is 24.7. The molecule has 8 nitrogen and oxygen atoms in total. The van der Waals surface area contributed by atoms with Crippen molar-refractivity contribution in [1.29, 1.82) is 0 Å². The Morgan fingerprint density at radius 2 is 1.90 bits per heavy atom. The normalized spacial score (nSPS) is 20.8. The molecular weight excluding hydrogens is 521 g/mol. The maximum absolute atomic E-state index is 14.9. The molecule has 2 fully saturated rings. The summed E-state index contributed by atoms with van der Waals surface area (Å²) in [7, 11) is 1.64. The fraction of sp³-hybridized carbons (Fsp3) is 0.531. The number of anilines is 2. The zero-order chi connectivity index (χ0) is 29.0. The fourth-order valence-electron chi connectivity index (χ4n) is 6.05. The number of carbonyl (C=O) groups is 1. The van der Waals surface area contributed by atoms with Gasteiger partial charge in [0.2, 0.25) is 11.9 Å². The Morgan fingerprint density at radius 1 is 1.10 bits per heavy atom. The molecule has 2 atom stereocenters. The second-order valence-corrected chi connectivity index (χ2v) is 12.2. The summed E-state index contributed by atoms with van der Waals surface area (Å²) < 4.78 is 25.5. The van der Waals surface area contributed by atoms with E-state index in [-0.39, 0.29) is 17.4 Å². The molecule has 5 rings (SSSR count). The van der Waals surface area contributed by atoms with Crippen LogP contribution in [-0.4, -0.2) is 66.8 Å². The lowest BCUT2D eigenvalue weighted by atomic mass is 9.80. The van der Waals surface area contributed by atoms with E-state index < -0.39 is 5.82 Å². The van der Waals surface area contributed by atoms with Gasteiger partial charge in [0.15, 0.2) is 11.6 Å². The second kappa shape index (κ2) is 12.6. The maximum atomic E-state index is 14.9. The van der Waals surface area contributed by atoms with E-state index in [0.29, 0.717) is 50.5 Å². The molecule has 2 aromatic rings. The van der Waals surface area contributed by atoms with Gasteiger partial charge in [0.1, 0.15) is 12.4 Å². The van der Waals surface area contributed by atoms with Gasteiger partial charge in [0, 0.05) is 44.9 Å². The van der Waals surface area contributed by atoms with Crippen molar-refractivity contribution in [2.75, 3.05) is 50.2 Å². The molecule has 1 amide bonds. The number of likely N-dealkylation sites (tertiary alicyclic amines) is 1. The van der Waals surface area contributed by atoms with Gasteiger partial charge in [-0.1, -0.05) is 50.6 Å². The number of piperidine rings is 1. The monoisotopic (exact) mass is 563 g/mol. The van der Waals surface area contributed by atoms with Crippen LogP contribution in [0.25, 0.3) is 0 Å². The van der Waals surface area contributed by atoms with E-state index in [4.69, 9.17) is 9.47 Å². The Bertz CT molecular complexity index is 1290. The van der Waals surface area contributed by atoms with Gasteiger partial charge in [-0.3, -0.25) is 4.79 Å². The summed E-state index contributed by atoms with van der Waals surface area (Å²) in [5, 5.41) is 3.22. The van der Waals surface area contributed by atoms with E-state index in [9.17, 15) is 9.18 Å². The number of aromatic nitrogens is 2. The Morgan fingerprint density at radius 3 is 2.61 bits per heavy atom. The number of allylic oxidation sites excluding steroid dienone is 3. The Balaban J connectivity index is 1.18. The maximum Gasteiger partial charge on any atom is 0.250 e. The SMILES string of the molecule is COCCOc1ccc(CNc2ncc(F)c(N3CCC4C(CCN4C(=O)C4=CC=C(C(C)(C)C)CC4)C3)n2)cc1. The van der Waals surface area contributed by atoms with Gasteiger partial charge in [-0.2, -0.15) is 4.98 Å². The van der Waals surface area contributed by atoms with Gasteiger partial charge < -0.3 is 24.6 Å². The Labute approximate surface area is 242 Å². The third-order valence-corrected chi connectivity index (χ3v) is 8.44. The first-order valence-corrected chi connectivity index (χ1v) is 14.7. The van der Waals surface area contributed by atoms with E-state index in [1.54, 1.807) is 7.11 Å². The number of ether oxygens (including phenoxy) is 2. The third kappa shape index (κ3) is 6.89. The number of halogens is 1. The molecule has 0 bridgehead atoms. The number of rotatable bonds is 9. The molecule has 2 saturated heterocycles. The van der Waals surface area contributed by atoms with Crippen LogP contribution in [0.3, 0.4) is 0 Å². The highest BCUT2D eigenvalue weighted by Gasteiger charge is 2.42. The quantitative estimate of drug-likeness (QED) is 0.411. The van der Waals surface area contributed by atoms with Crippen molar-refractivity contribution in [3.63, 3.8) is 0 Å². The molecule has 1 aromatic heterocycles. The van der Waals surface area contributed by atoms with Crippen LogP contribution in [0.5, 0.6) is 5.75 Å². The lowest BCUT2D eigenvalue weighted by Gasteiger charge is -2.39. The number of fused-ring (bicyclic) bond motifs is 1. The predicted molar refractivity (Wildman–Crippen MR) is 158 cm³/mol. The average molecular weight is 564 g/mol. The molecular formula is C32H42FN5O3. The summed E-state index contributed by atoms with van der Waals surface area (Å²) in [5.74, 6) is 1.54. The van der Waals surface area contributed by atoms with Crippen LogP contribution in [0.15, 0.2) is 53.8 Å². The number of nitrogens with one attached hydrogen (secondary N) is 1. The van der Waals surface area contributed by atoms with Crippen LogP contribution >= 0.6 is 0 Å². The third-order valence-electron chi connectivity index (χ3n) is 8.44. The van der Waals surface area contributed by atoms with Crippen molar-refractivity contribution in [1.82, 2.24) is 14.9 Å². The van der Waals surface area contributed by atoms with Crippen LogP contribution < -0.4 is 15.0 Å². The first-order chi connectivity index (χ1) is 19.7. The Hall–Kier alpha value is -3.46. The van der Waals surface area contributed by atoms with Crippen LogP contribution in [0.1, 0.15) is 52.0 Å². The van der Waals surface area contributed by atoms with Crippen molar-refractivity contribution < 1.29 is 18.7 Å². The van der Waals surface area contributed by atoms with Crippen LogP contribution in [0.4, 0.5) is 16.2 Å². The molecule has 220 valence electrons. The first-order valence-electron chi connectivity index (χ1n) is 14.7. The topological polar surface area (TPSA) is 79.8 Å². The Kier molecular flexibility index (Phi) is 8.92. The molecule has 3 aliphatic rings. The summed E-state index contributed by atoms with van der Waals surface area (Å²) in [6.07, 6.45) is 8.88. The van der Waals surface area contributed by atoms with E-state index in [2.05, 4.69) is 47.0 Å². The largest absolute Gasteiger partial charge is 0.491 e. The van der Waals surface area contributed by atoms with Gasteiger partial charge in [0.05, 0.1) is 12.8 Å². The van der Waals surface area contributed by atoms with Crippen molar-refractivity contribution in [3.8, 4) is 5.75 Å². The fourth-order valence-corrected chi connectivity index (χ4v) is 6.05. The van der Waals surface area contributed by atoms with Gasteiger partial charge in [0.25, 0.3) is 0 Å². The van der Waals surface area contributed by atoms with Crippen LogP contribution in [-0.2, 0) is 16.1 Å². The summed E-state index contributed by atoms with van der Waals surface area (Å²) in [6, 6.07) is 7.96. The molecule has 41 heavy (non-hydrogen) atoms. The predicted octanol–water partition coefficient (Wildman–Crippen LogP) is 5.37. The van der Waals surface area contributed by atoms with E-state index in [1.807, 2.05) is 35.2 Å². The van der Waals surface area contributed by atoms with Crippen molar-refractivity contribution >= 4 is 17.7 Å². The standard InChI is InChI=1S/C32H42FN5O3/c1-32(2,3)25-9-7-23(8-10-25)30(39)38-16-13-24-21-37(15-14-28(24)38)29-27(33)20-35-31(36-29)34-19-22-5-11-26(12-6-22)41-18-17-40-4/h5-7,9,11-12,20,24,28H,8,10,13-19,21H2,1-4H3,(H,34,35,36).